The zero-order chi connectivity index (χ0) is 29.3. The number of aromatic nitrogens is 1. The number of amides is 1. The Morgan fingerprint density at radius 2 is 1.54 bits per heavy atom. The number of H-pyrrole nitrogens is 1. The summed E-state index contributed by atoms with van der Waals surface area (Å²) in [6, 6.07) is 20.4. The Balaban J connectivity index is 1.53. The Morgan fingerprint density at radius 1 is 0.878 bits per heavy atom. The lowest BCUT2D eigenvalue weighted by molar-refractivity contribution is -0.202. The molecule has 0 saturated carbocycles. The molecule has 5 aromatic rings. The topological polar surface area (TPSA) is 118 Å². The van der Waals surface area contributed by atoms with Gasteiger partial charge in [-0.25, -0.2) is 4.79 Å². The van der Waals surface area contributed by atoms with E-state index in [0.717, 1.165) is 37.0 Å². The molecule has 0 saturated heterocycles. The number of oxime groups is 1. The van der Waals surface area contributed by atoms with Gasteiger partial charge in [-0.1, -0.05) is 29.4 Å². The lowest BCUT2D eigenvalue weighted by Crippen LogP contribution is -2.39. The summed E-state index contributed by atoms with van der Waals surface area (Å²) in [5.74, 6) is -1.75. The molecule has 1 N–H and O–H groups in total. The Kier molecular flexibility index (Phi) is 7.67. The van der Waals surface area contributed by atoms with Crippen LogP contribution < -0.4 is 0 Å². The number of carbonyl (C=O) groups is 4. The highest BCUT2D eigenvalue weighted by Crippen LogP contribution is 2.31. The van der Waals surface area contributed by atoms with Crippen molar-refractivity contribution >= 4 is 72.6 Å². The minimum atomic E-state index is -0.633. The van der Waals surface area contributed by atoms with Gasteiger partial charge in [0.25, 0.3) is 5.91 Å². The van der Waals surface area contributed by atoms with E-state index in [1.165, 1.54) is 32.1 Å². The van der Waals surface area contributed by atoms with E-state index in [1.54, 1.807) is 6.92 Å². The fraction of sp³-hybridized carbons (Fsp3) is 0.194. The highest BCUT2D eigenvalue weighted by atomic mass is 32.1. The monoisotopic (exact) mass is 569 g/mol. The van der Waals surface area contributed by atoms with Crippen LogP contribution in [-0.2, 0) is 24.1 Å². The molecule has 1 amide bonds. The first-order valence-electron chi connectivity index (χ1n) is 12.9. The summed E-state index contributed by atoms with van der Waals surface area (Å²) in [6.45, 7) is 5.44. The van der Waals surface area contributed by atoms with Crippen LogP contribution in [0.15, 0.2) is 71.9 Å². The molecule has 3 aromatic carbocycles. The summed E-state index contributed by atoms with van der Waals surface area (Å²) in [6.07, 6.45) is 0.129. The summed E-state index contributed by atoms with van der Waals surface area (Å²) >= 11 is 1.47. The van der Waals surface area contributed by atoms with Crippen molar-refractivity contribution in [1.82, 2.24) is 10.0 Å². The third kappa shape index (κ3) is 5.87. The standard InChI is InChI=1S/C31H27N3O6S/c1-17(34(18(2)35)40-20(4)37)13-28(33-39-19(3)36)21-9-11-26-24(14-21)25-15-23(10-12-27(25)32-26)31(38)30-16-22-7-5-6-8-29(22)41-30/h5-12,14-17,32H,13H2,1-4H3/b33-28+. The van der Waals surface area contributed by atoms with Crippen LogP contribution in [0.3, 0.4) is 0 Å². The summed E-state index contributed by atoms with van der Waals surface area (Å²) in [7, 11) is 0. The van der Waals surface area contributed by atoms with E-state index in [0.29, 0.717) is 21.7 Å². The van der Waals surface area contributed by atoms with Crippen molar-refractivity contribution < 1.29 is 28.9 Å². The van der Waals surface area contributed by atoms with Gasteiger partial charge in [0.05, 0.1) is 16.6 Å². The number of hydrogen-bond donors (Lipinski definition) is 1. The van der Waals surface area contributed by atoms with E-state index in [9.17, 15) is 19.2 Å². The molecule has 1 unspecified atom stereocenters. The van der Waals surface area contributed by atoms with Gasteiger partial charge < -0.3 is 14.7 Å². The molecular weight excluding hydrogens is 542 g/mol. The van der Waals surface area contributed by atoms with E-state index in [-0.39, 0.29) is 12.2 Å². The van der Waals surface area contributed by atoms with Crippen LogP contribution in [-0.4, -0.2) is 45.4 Å². The van der Waals surface area contributed by atoms with Gasteiger partial charge in [0.1, 0.15) is 0 Å². The zero-order valence-corrected chi connectivity index (χ0v) is 23.7. The fourth-order valence-corrected chi connectivity index (χ4v) is 5.77. The first-order valence-corrected chi connectivity index (χ1v) is 13.7. The zero-order valence-electron chi connectivity index (χ0n) is 22.9. The quantitative estimate of drug-likeness (QED) is 0.109. The Bertz CT molecular complexity index is 1830. The SMILES string of the molecule is CC(=O)O/N=C(\CC(C)N(OC(C)=O)C(C)=O)c1ccc2[nH]c3ccc(C(=O)c4cc5ccccc5s4)cc3c2c1. The third-order valence-electron chi connectivity index (χ3n) is 6.55. The number of fused-ring (bicyclic) bond motifs is 4. The summed E-state index contributed by atoms with van der Waals surface area (Å²) in [5.41, 5.74) is 3.28. The minimum Gasteiger partial charge on any atom is -0.355 e. The number of nitrogens with zero attached hydrogens (tertiary/aromatic N) is 2. The number of rotatable bonds is 7. The summed E-state index contributed by atoms with van der Waals surface area (Å²) in [5, 5.41) is 7.75. The molecular formula is C31H27N3O6S. The molecule has 0 bridgehead atoms. The average Bonchev–Trinajstić information content (AvgIpc) is 3.54. The van der Waals surface area contributed by atoms with Crippen LogP contribution >= 0.6 is 11.3 Å². The van der Waals surface area contributed by atoms with E-state index in [1.807, 2.05) is 66.7 Å². The smallest absolute Gasteiger partial charge is 0.331 e. The van der Waals surface area contributed by atoms with E-state index in [4.69, 9.17) is 9.68 Å². The van der Waals surface area contributed by atoms with Crippen LogP contribution in [0.5, 0.6) is 0 Å². The first-order chi connectivity index (χ1) is 19.6. The van der Waals surface area contributed by atoms with Crippen LogP contribution in [0.1, 0.15) is 54.9 Å². The van der Waals surface area contributed by atoms with Crippen LogP contribution in [0.25, 0.3) is 31.9 Å². The number of aromatic amines is 1. The number of benzene rings is 3. The molecule has 2 aromatic heterocycles. The molecule has 0 aliphatic heterocycles. The second-order valence-electron chi connectivity index (χ2n) is 9.73. The molecule has 10 heteroatoms. The highest BCUT2D eigenvalue weighted by Gasteiger charge is 2.24. The second-order valence-corrected chi connectivity index (χ2v) is 10.8. The van der Waals surface area contributed by atoms with Gasteiger partial charge in [0.15, 0.2) is 0 Å². The first kappa shape index (κ1) is 27.7. The van der Waals surface area contributed by atoms with Gasteiger partial charge in [0, 0.05) is 64.8 Å². The van der Waals surface area contributed by atoms with Crippen LogP contribution in [0.2, 0.25) is 0 Å². The number of hydroxylamine groups is 2. The van der Waals surface area contributed by atoms with Crippen molar-refractivity contribution in [1.29, 1.82) is 0 Å². The predicted molar refractivity (Wildman–Crippen MR) is 158 cm³/mol. The van der Waals surface area contributed by atoms with Crippen molar-refractivity contribution in [3.63, 3.8) is 0 Å². The summed E-state index contributed by atoms with van der Waals surface area (Å²) < 4.78 is 1.06. The second kappa shape index (κ2) is 11.3. The number of carbonyl (C=O) groups excluding carboxylic acids is 4. The average molecular weight is 570 g/mol. The van der Waals surface area contributed by atoms with Crippen molar-refractivity contribution in [3.8, 4) is 0 Å². The molecule has 1 atom stereocenters. The molecule has 0 aliphatic rings. The van der Waals surface area contributed by atoms with Gasteiger partial charge in [-0.05, 0) is 54.8 Å². The Labute approximate surface area is 239 Å². The van der Waals surface area contributed by atoms with Crippen molar-refractivity contribution in [2.24, 2.45) is 5.16 Å². The Hall–Kier alpha value is -4.83. The van der Waals surface area contributed by atoms with Gasteiger partial charge in [-0.2, -0.15) is 5.06 Å². The fourth-order valence-electron chi connectivity index (χ4n) is 4.75. The highest BCUT2D eigenvalue weighted by molar-refractivity contribution is 7.21. The van der Waals surface area contributed by atoms with Gasteiger partial charge in [0.2, 0.25) is 5.78 Å². The third-order valence-corrected chi connectivity index (χ3v) is 7.67. The molecule has 0 aliphatic carbocycles. The van der Waals surface area contributed by atoms with Crippen molar-refractivity contribution in [2.45, 2.75) is 40.2 Å². The van der Waals surface area contributed by atoms with Crippen LogP contribution in [0.4, 0.5) is 0 Å². The maximum Gasteiger partial charge on any atom is 0.331 e. The molecule has 5 rings (SSSR count). The Morgan fingerprint density at radius 3 is 2.17 bits per heavy atom. The van der Waals surface area contributed by atoms with E-state index >= 15 is 0 Å². The van der Waals surface area contributed by atoms with Gasteiger partial charge in [-0.15, -0.1) is 11.3 Å². The number of hydrogen-bond acceptors (Lipinski definition) is 8. The largest absolute Gasteiger partial charge is 0.355 e. The van der Waals surface area contributed by atoms with Crippen molar-refractivity contribution in [2.75, 3.05) is 0 Å². The molecule has 2 heterocycles. The minimum absolute atomic E-state index is 0.0562. The number of nitrogens with one attached hydrogen (secondary N) is 1. The molecule has 41 heavy (non-hydrogen) atoms. The molecule has 9 nitrogen and oxygen atoms in total. The maximum absolute atomic E-state index is 13.4. The van der Waals surface area contributed by atoms with Gasteiger partial charge >= 0.3 is 11.9 Å². The normalized spacial score (nSPS) is 12.4. The molecule has 0 radical (unpaired) electrons. The summed E-state index contributed by atoms with van der Waals surface area (Å²) in [4.78, 5) is 62.8. The van der Waals surface area contributed by atoms with Crippen LogP contribution in [0, 0.1) is 0 Å². The van der Waals surface area contributed by atoms with E-state index in [2.05, 4.69) is 10.1 Å². The lowest BCUT2D eigenvalue weighted by Gasteiger charge is -2.26. The van der Waals surface area contributed by atoms with Gasteiger partial charge in [-0.3, -0.25) is 14.4 Å². The van der Waals surface area contributed by atoms with Crippen molar-refractivity contribution in [3.05, 3.63) is 82.7 Å². The molecule has 0 spiro atoms. The number of ketones is 1. The van der Waals surface area contributed by atoms with E-state index < -0.39 is 23.9 Å². The predicted octanol–water partition coefficient (Wildman–Crippen LogP) is 6.14. The lowest BCUT2D eigenvalue weighted by atomic mass is 10.00. The molecule has 208 valence electrons. The maximum atomic E-state index is 13.4. The molecule has 0 fully saturated rings. The number of thiophene rings is 1.